The smallest absolute Gasteiger partial charge is 0.247 e. The minimum atomic E-state index is -0.677. The molecule has 0 unspecified atom stereocenters. The fraction of sp³-hybridized carbons (Fsp3) is 0.250. The Morgan fingerprint density at radius 3 is 2.71 bits per heavy atom. The molecule has 3 aromatic rings. The van der Waals surface area contributed by atoms with E-state index in [0.717, 1.165) is 23.3 Å². The third-order valence-corrected chi connectivity index (χ3v) is 5.32. The second kappa shape index (κ2) is 7.93. The first-order valence-corrected chi connectivity index (χ1v) is 10.0. The van der Waals surface area contributed by atoms with Crippen LogP contribution in [0.1, 0.15) is 32.1 Å². The first kappa shape index (κ1) is 18.4. The van der Waals surface area contributed by atoms with Gasteiger partial charge in [0.1, 0.15) is 0 Å². The van der Waals surface area contributed by atoms with E-state index in [4.69, 9.17) is 4.74 Å². The zero-order valence-corrected chi connectivity index (χ0v) is 16.4. The maximum atomic E-state index is 12.6. The van der Waals surface area contributed by atoms with Crippen LogP contribution in [0.2, 0.25) is 0 Å². The molecule has 0 N–H and O–H groups in total. The van der Waals surface area contributed by atoms with Crippen molar-refractivity contribution in [1.29, 1.82) is 0 Å². The van der Waals surface area contributed by atoms with Crippen LogP contribution in [0, 0.1) is 0 Å². The van der Waals surface area contributed by atoms with Crippen molar-refractivity contribution in [3.05, 3.63) is 54.4 Å². The molecule has 1 atom stereocenters. The van der Waals surface area contributed by atoms with Gasteiger partial charge in [0.05, 0.1) is 5.69 Å². The zero-order valence-electron chi connectivity index (χ0n) is 15.6. The number of pyridine rings is 1. The second-order valence-corrected chi connectivity index (χ2v) is 7.32. The maximum absolute atomic E-state index is 12.6. The van der Waals surface area contributed by atoms with Crippen LogP contribution in [0.15, 0.2) is 53.9 Å². The van der Waals surface area contributed by atoms with Crippen molar-refractivity contribution >= 4 is 23.4 Å². The van der Waals surface area contributed by atoms with E-state index >= 15 is 0 Å². The first-order chi connectivity index (χ1) is 13.7. The standard InChI is InChI=1S/C20H19N5O2S/c1-3-12-28-20-22-18-17(23-24-20)15-6-4-5-7-16(15)25(13(2)26)19(27-18)14-8-10-21-11-9-14/h4-11,19H,3,12H2,1-2H3/t19-/m1/s1. The summed E-state index contributed by atoms with van der Waals surface area (Å²) in [6.45, 7) is 3.62. The molecule has 0 radical (unpaired) electrons. The number of carbonyl (C=O) groups is 1. The Labute approximate surface area is 167 Å². The molecule has 0 aliphatic carbocycles. The summed E-state index contributed by atoms with van der Waals surface area (Å²) in [5, 5.41) is 9.19. The Morgan fingerprint density at radius 2 is 1.96 bits per heavy atom. The third kappa shape index (κ3) is 3.43. The van der Waals surface area contributed by atoms with Crippen molar-refractivity contribution in [1.82, 2.24) is 20.2 Å². The van der Waals surface area contributed by atoms with Gasteiger partial charge in [-0.25, -0.2) is 0 Å². The van der Waals surface area contributed by atoms with E-state index in [2.05, 4.69) is 27.1 Å². The number of rotatable bonds is 4. The molecule has 1 aromatic carbocycles. The van der Waals surface area contributed by atoms with Gasteiger partial charge in [-0.15, -0.1) is 10.2 Å². The van der Waals surface area contributed by atoms with E-state index in [-0.39, 0.29) is 5.91 Å². The fourth-order valence-electron chi connectivity index (χ4n) is 3.05. The molecule has 1 aliphatic heterocycles. The lowest BCUT2D eigenvalue weighted by molar-refractivity contribution is -0.118. The number of para-hydroxylation sites is 1. The number of aromatic nitrogens is 4. The van der Waals surface area contributed by atoms with Crippen LogP contribution >= 0.6 is 11.8 Å². The van der Waals surface area contributed by atoms with Crippen molar-refractivity contribution in [3.63, 3.8) is 0 Å². The number of benzene rings is 1. The Bertz CT molecular complexity index is 999. The Kier molecular flexibility index (Phi) is 5.21. The van der Waals surface area contributed by atoms with Gasteiger partial charge in [0.25, 0.3) is 0 Å². The highest BCUT2D eigenvalue weighted by atomic mass is 32.2. The molecule has 0 saturated carbocycles. The van der Waals surface area contributed by atoms with E-state index in [0.29, 0.717) is 22.4 Å². The summed E-state index contributed by atoms with van der Waals surface area (Å²) in [7, 11) is 0. The van der Waals surface area contributed by atoms with Crippen LogP contribution < -0.4 is 9.64 Å². The molecule has 0 bridgehead atoms. The van der Waals surface area contributed by atoms with Gasteiger partial charge in [-0.1, -0.05) is 36.9 Å². The molecule has 8 heteroatoms. The molecule has 7 nitrogen and oxygen atoms in total. The molecule has 1 amide bonds. The summed E-state index contributed by atoms with van der Waals surface area (Å²) in [5.74, 6) is 1.12. The van der Waals surface area contributed by atoms with Gasteiger partial charge in [-0.3, -0.25) is 14.7 Å². The van der Waals surface area contributed by atoms with Crippen LogP contribution in [0.5, 0.6) is 5.88 Å². The molecule has 142 valence electrons. The summed E-state index contributed by atoms with van der Waals surface area (Å²) in [4.78, 5) is 22.9. The number of carbonyl (C=O) groups excluding carboxylic acids is 1. The summed E-state index contributed by atoms with van der Waals surface area (Å²) in [6.07, 6.45) is 3.68. The summed E-state index contributed by atoms with van der Waals surface area (Å²) >= 11 is 1.53. The van der Waals surface area contributed by atoms with Crippen LogP contribution in [0.25, 0.3) is 11.3 Å². The molecule has 0 spiro atoms. The van der Waals surface area contributed by atoms with Crippen LogP contribution in [-0.2, 0) is 4.79 Å². The number of thioether (sulfide) groups is 1. The van der Waals surface area contributed by atoms with E-state index in [1.807, 2.05) is 36.4 Å². The third-order valence-electron chi connectivity index (χ3n) is 4.28. The van der Waals surface area contributed by atoms with Gasteiger partial charge in [0, 0.05) is 36.2 Å². The van der Waals surface area contributed by atoms with Gasteiger partial charge in [0.15, 0.2) is 5.69 Å². The molecule has 4 rings (SSSR count). The lowest BCUT2D eigenvalue weighted by atomic mass is 10.1. The minimum absolute atomic E-state index is 0.143. The highest BCUT2D eigenvalue weighted by Gasteiger charge is 2.34. The molecule has 2 aromatic heterocycles. The van der Waals surface area contributed by atoms with Gasteiger partial charge in [0.2, 0.25) is 23.2 Å². The number of nitrogens with zero attached hydrogens (tertiary/aromatic N) is 5. The predicted octanol–water partition coefficient (Wildman–Crippen LogP) is 3.88. The molecule has 28 heavy (non-hydrogen) atoms. The van der Waals surface area contributed by atoms with E-state index < -0.39 is 6.23 Å². The number of anilines is 1. The van der Waals surface area contributed by atoms with Crippen molar-refractivity contribution in [2.24, 2.45) is 0 Å². The Morgan fingerprint density at radius 1 is 1.18 bits per heavy atom. The Hall–Kier alpha value is -3.00. The Balaban J connectivity index is 1.90. The van der Waals surface area contributed by atoms with E-state index in [1.54, 1.807) is 17.3 Å². The van der Waals surface area contributed by atoms with Crippen LogP contribution in [0.3, 0.4) is 0 Å². The monoisotopic (exact) mass is 393 g/mol. The van der Waals surface area contributed by atoms with Crippen LogP contribution in [-0.4, -0.2) is 31.8 Å². The molecular formula is C20H19N5O2S. The average molecular weight is 393 g/mol. The average Bonchev–Trinajstić information content (AvgIpc) is 2.87. The summed E-state index contributed by atoms with van der Waals surface area (Å²) in [6, 6.07) is 11.2. The summed E-state index contributed by atoms with van der Waals surface area (Å²) in [5.41, 5.74) is 2.80. The summed E-state index contributed by atoms with van der Waals surface area (Å²) < 4.78 is 6.27. The van der Waals surface area contributed by atoms with Crippen molar-refractivity contribution in [2.45, 2.75) is 31.7 Å². The molecular weight excluding hydrogens is 374 g/mol. The lowest BCUT2D eigenvalue weighted by Gasteiger charge is -2.29. The number of fused-ring (bicyclic) bond motifs is 3. The maximum Gasteiger partial charge on any atom is 0.247 e. The minimum Gasteiger partial charge on any atom is -0.447 e. The predicted molar refractivity (Wildman–Crippen MR) is 107 cm³/mol. The van der Waals surface area contributed by atoms with E-state index in [9.17, 15) is 4.79 Å². The van der Waals surface area contributed by atoms with Gasteiger partial charge < -0.3 is 4.74 Å². The molecule has 0 fully saturated rings. The topological polar surface area (TPSA) is 81.1 Å². The van der Waals surface area contributed by atoms with Crippen molar-refractivity contribution in [2.75, 3.05) is 10.7 Å². The zero-order chi connectivity index (χ0) is 19.5. The second-order valence-electron chi connectivity index (χ2n) is 6.25. The van der Waals surface area contributed by atoms with Gasteiger partial charge >= 0.3 is 0 Å². The van der Waals surface area contributed by atoms with Gasteiger partial charge in [-0.2, -0.15) is 4.98 Å². The highest BCUT2D eigenvalue weighted by molar-refractivity contribution is 7.99. The van der Waals surface area contributed by atoms with E-state index in [1.165, 1.54) is 18.7 Å². The number of amides is 1. The number of hydrogen-bond donors (Lipinski definition) is 0. The van der Waals surface area contributed by atoms with Crippen LogP contribution in [0.4, 0.5) is 5.69 Å². The molecule has 3 heterocycles. The quantitative estimate of drug-likeness (QED) is 0.622. The largest absolute Gasteiger partial charge is 0.447 e. The molecule has 1 aliphatic rings. The van der Waals surface area contributed by atoms with Crippen molar-refractivity contribution in [3.8, 4) is 17.1 Å². The lowest BCUT2D eigenvalue weighted by Crippen LogP contribution is -2.36. The fourth-order valence-corrected chi connectivity index (χ4v) is 3.68. The SMILES string of the molecule is CCCSc1nnc2c(n1)O[C@H](c1ccncc1)N(C(C)=O)c1ccccc1-2. The van der Waals surface area contributed by atoms with Crippen molar-refractivity contribution < 1.29 is 9.53 Å². The number of ether oxygens (including phenoxy) is 1. The first-order valence-electron chi connectivity index (χ1n) is 9.02. The number of hydrogen-bond acceptors (Lipinski definition) is 7. The highest BCUT2D eigenvalue weighted by Crippen LogP contribution is 2.43. The molecule has 0 saturated heterocycles. The normalized spacial score (nSPS) is 15.2. The van der Waals surface area contributed by atoms with Gasteiger partial charge in [-0.05, 0) is 24.6 Å².